The van der Waals surface area contributed by atoms with Gasteiger partial charge in [0.2, 0.25) is 11.8 Å². The van der Waals surface area contributed by atoms with E-state index in [1.54, 1.807) is 18.3 Å². The van der Waals surface area contributed by atoms with Crippen LogP contribution in [-0.2, 0) is 4.79 Å². The SMILES string of the molecule is O=C([C@@H]1C[C@H]1c1ccc(F)cc1)N1CC[C@H](Oc2ccccn2)C1. The molecule has 4 nitrogen and oxygen atoms in total. The first kappa shape index (κ1) is 15.1. The molecule has 1 aromatic carbocycles. The number of pyridine rings is 1. The molecule has 1 saturated carbocycles. The minimum absolute atomic E-state index is 0.00636. The summed E-state index contributed by atoms with van der Waals surface area (Å²) in [5, 5.41) is 0. The molecule has 1 aromatic heterocycles. The Kier molecular flexibility index (Phi) is 3.92. The van der Waals surface area contributed by atoms with Crippen molar-refractivity contribution >= 4 is 5.91 Å². The number of carbonyl (C=O) groups excluding carboxylic acids is 1. The number of ether oxygens (including phenoxy) is 1. The number of rotatable bonds is 4. The Hall–Kier alpha value is -2.43. The lowest BCUT2D eigenvalue weighted by Crippen LogP contribution is -2.32. The third-order valence-electron chi connectivity index (χ3n) is 4.79. The van der Waals surface area contributed by atoms with Crippen molar-refractivity contribution in [1.29, 1.82) is 0 Å². The molecule has 1 saturated heterocycles. The Morgan fingerprint density at radius 3 is 2.79 bits per heavy atom. The average molecular weight is 326 g/mol. The van der Waals surface area contributed by atoms with Gasteiger partial charge in [0.05, 0.1) is 6.54 Å². The maximum atomic E-state index is 13.0. The lowest BCUT2D eigenvalue weighted by atomic mass is 10.1. The molecular formula is C19H19FN2O2. The third kappa shape index (κ3) is 3.11. The van der Waals surface area contributed by atoms with Crippen molar-refractivity contribution in [2.45, 2.75) is 24.9 Å². The molecule has 1 aliphatic heterocycles. The van der Waals surface area contributed by atoms with Gasteiger partial charge in [-0.25, -0.2) is 9.37 Å². The van der Waals surface area contributed by atoms with E-state index in [0.717, 1.165) is 24.9 Å². The van der Waals surface area contributed by atoms with E-state index in [4.69, 9.17) is 4.74 Å². The number of hydrogen-bond donors (Lipinski definition) is 0. The lowest BCUT2D eigenvalue weighted by molar-refractivity contribution is -0.131. The van der Waals surface area contributed by atoms with Crippen LogP contribution in [0.1, 0.15) is 24.3 Å². The van der Waals surface area contributed by atoms with Crippen LogP contribution in [0.4, 0.5) is 4.39 Å². The average Bonchev–Trinajstić information content (AvgIpc) is 3.27. The van der Waals surface area contributed by atoms with Crippen LogP contribution in [0.5, 0.6) is 5.88 Å². The fraction of sp³-hybridized carbons (Fsp3) is 0.368. The molecule has 24 heavy (non-hydrogen) atoms. The molecule has 2 heterocycles. The number of amides is 1. The van der Waals surface area contributed by atoms with Gasteiger partial charge >= 0.3 is 0 Å². The van der Waals surface area contributed by atoms with Gasteiger partial charge in [0.1, 0.15) is 11.9 Å². The summed E-state index contributed by atoms with van der Waals surface area (Å²) in [7, 11) is 0. The third-order valence-corrected chi connectivity index (χ3v) is 4.79. The first-order valence-corrected chi connectivity index (χ1v) is 8.32. The van der Waals surface area contributed by atoms with Gasteiger partial charge in [-0.05, 0) is 36.1 Å². The predicted octanol–water partition coefficient (Wildman–Crippen LogP) is 3.00. The molecule has 3 atom stereocenters. The quantitative estimate of drug-likeness (QED) is 0.867. The van der Waals surface area contributed by atoms with E-state index in [1.165, 1.54) is 12.1 Å². The second-order valence-corrected chi connectivity index (χ2v) is 6.48. The number of halogens is 1. The zero-order valence-electron chi connectivity index (χ0n) is 13.3. The van der Waals surface area contributed by atoms with Gasteiger partial charge in [-0.15, -0.1) is 0 Å². The molecule has 0 bridgehead atoms. The van der Waals surface area contributed by atoms with Gasteiger partial charge in [-0.3, -0.25) is 4.79 Å². The van der Waals surface area contributed by atoms with Crippen molar-refractivity contribution in [3.05, 3.63) is 60.0 Å². The van der Waals surface area contributed by atoms with E-state index >= 15 is 0 Å². The van der Waals surface area contributed by atoms with Crippen LogP contribution in [-0.4, -0.2) is 35.0 Å². The summed E-state index contributed by atoms with van der Waals surface area (Å²) in [4.78, 5) is 18.7. The maximum absolute atomic E-state index is 13.0. The Balaban J connectivity index is 1.33. The Morgan fingerprint density at radius 1 is 1.21 bits per heavy atom. The summed E-state index contributed by atoms with van der Waals surface area (Å²) in [5.74, 6) is 0.818. The monoisotopic (exact) mass is 326 g/mol. The smallest absolute Gasteiger partial charge is 0.226 e. The molecule has 2 fully saturated rings. The zero-order chi connectivity index (χ0) is 16.5. The molecular weight excluding hydrogens is 307 g/mol. The first-order valence-electron chi connectivity index (χ1n) is 8.32. The standard InChI is InChI=1S/C19H19FN2O2/c20-14-6-4-13(5-7-14)16-11-17(16)19(23)22-10-8-15(12-22)24-18-3-1-2-9-21-18/h1-7,9,15-17H,8,10-12H2/t15-,16-,17+/m0/s1. The predicted molar refractivity (Wildman–Crippen MR) is 87.1 cm³/mol. The van der Waals surface area contributed by atoms with Crippen LogP contribution in [0, 0.1) is 11.7 Å². The molecule has 5 heteroatoms. The van der Waals surface area contributed by atoms with Crippen LogP contribution in [0.15, 0.2) is 48.7 Å². The Morgan fingerprint density at radius 2 is 2.04 bits per heavy atom. The molecule has 0 spiro atoms. The van der Waals surface area contributed by atoms with E-state index in [-0.39, 0.29) is 29.7 Å². The van der Waals surface area contributed by atoms with Crippen LogP contribution < -0.4 is 4.74 Å². The molecule has 0 radical (unpaired) electrons. The largest absolute Gasteiger partial charge is 0.472 e. The Bertz CT molecular complexity index is 720. The highest BCUT2D eigenvalue weighted by atomic mass is 19.1. The Labute approximate surface area is 140 Å². The fourth-order valence-electron chi connectivity index (χ4n) is 3.39. The minimum Gasteiger partial charge on any atom is -0.472 e. The summed E-state index contributed by atoms with van der Waals surface area (Å²) in [5.41, 5.74) is 1.05. The van der Waals surface area contributed by atoms with Crippen molar-refractivity contribution in [2.75, 3.05) is 13.1 Å². The molecule has 2 aliphatic rings. The van der Waals surface area contributed by atoms with E-state index < -0.39 is 0 Å². The maximum Gasteiger partial charge on any atom is 0.226 e. The summed E-state index contributed by atoms with van der Waals surface area (Å²) in [6.07, 6.45) is 3.39. The van der Waals surface area contributed by atoms with Crippen molar-refractivity contribution in [3.8, 4) is 5.88 Å². The summed E-state index contributed by atoms with van der Waals surface area (Å²) >= 11 is 0. The molecule has 2 aromatic rings. The van der Waals surface area contributed by atoms with Gasteiger partial charge in [-0.2, -0.15) is 0 Å². The highest BCUT2D eigenvalue weighted by Gasteiger charge is 2.47. The van der Waals surface area contributed by atoms with Crippen LogP contribution >= 0.6 is 0 Å². The number of carbonyl (C=O) groups is 1. The van der Waals surface area contributed by atoms with Crippen LogP contribution in [0.2, 0.25) is 0 Å². The molecule has 1 aliphatic carbocycles. The number of benzene rings is 1. The van der Waals surface area contributed by atoms with Crippen molar-refractivity contribution in [2.24, 2.45) is 5.92 Å². The summed E-state index contributed by atoms with van der Waals surface area (Å²) < 4.78 is 18.8. The topological polar surface area (TPSA) is 42.4 Å². The van der Waals surface area contributed by atoms with Gasteiger partial charge in [0.25, 0.3) is 0 Å². The fourth-order valence-corrected chi connectivity index (χ4v) is 3.39. The second-order valence-electron chi connectivity index (χ2n) is 6.48. The van der Waals surface area contributed by atoms with Crippen molar-refractivity contribution in [1.82, 2.24) is 9.88 Å². The highest BCUT2D eigenvalue weighted by Crippen LogP contribution is 2.48. The van der Waals surface area contributed by atoms with Gasteiger partial charge in [-0.1, -0.05) is 18.2 Å². The van der Waals surface area contributed by atoms with Crippen LogP contribution in [0.3, 0.4) is 0 Å². The molecule has 0 N–H and O–H groups in total. The van der Waals surface area contributed by atoms with E-state index in [1.807, 2.05) is 23.1 Å². The van der Waals surface area contributed by atoms with Crippen molar-refractivity contribution < 1.29 is 13.9 Å². The number of nitrogens with zero attached hydrogens (tertiary/aromatic N) is 2. The summed E-state index contributed by atoms with van der Waals surface area (Å²) in [6.45, 7) is 1.34. The first-order chi connectivity index (χ1) is 11.7. The van der Waals surface area contributed by atoms with Crippen molar-refractivity contribution in [3.63, 3.8) is 0 Å². The minimum atomic E-state index is -0.240. The molecule has 124 valence electrons. The molecule has 0 unspecified atom stereocenters. The van der Waals surface area contributed by atoms with E-state index in [0.29, 0.717) is 12.4 Å². The van der Waals surface area contributed by atoms with Gasteiger partial charge < -0.3 is 9.64 Å². The van der Waals surface area contributed by atoms with E-state index in [2.05, 4.69) is 4.98 Å². The number of hydrogen-bond acceptors (Lipinski definition) is 3. The second kappa shape index (κ2) is 6.23. The summed E-state index contributed by atoms with van der Waals surface area (Å²) in [6, 6.07) is 12.0. The molecule has 4 rings (SSSR count). The normalized spacial score (nSPS) is 25.5. The zero-order valence-corrected chi connectivity index (χ0v) is 13.3. The number of likely N-dealkylation sites (tertiary alicyclic amines) is 1. The van der Waals surface area contributed by atoms with Crippen LogP contribution in [0.25, 0.3) is 0 Å². The lowest BCUT2D eigenvalue weighted by Gasteiger charge is -2.17. The highest BCUT2D eigenvalue weighted by molar-refractivity contribution is 5.83. The number of aromatic nitrogens is 1. The molecule has 1 amide bonds. The van der Waals surface area contributed by atoms with Gasteiger partial charge in [0, 0.05) is 31.1 Å². The van der Waals surface area contributed by atoms with Gasteiger partial charge in [0.15, 0.2) is 0 Å². The van der Waals surface area contributed by atoms with E-state index in [9.17, 15) is 9.18 Å².